The fourth-order valence-corrected chi connectivity index (χ4v) is 2.97. The number of likely N-dealkylation sites (tertiary alicyclic amines) is 1. The van der Waals surface area contributed by atoms with Crippen LogP contribution in [-0.2, 0) is 11.2 Å². The number of amides is 1. The Kier molecular flexibility index (Phi) is 4.46. The zero-order valence-corrected chi connectivity index (χ0v) is 12.7. The van der Waals surface area contributed by atoms with Crippen molar-refractivity contribution in [3.05, 3.63) is 41.8 Å². The summed E-state index contributed by atoms with van der Waals surface area (Å²) >= 11 is 0. The van der Waals surface area contributed by atoms with Crippen LogP contribution < -0.4 is 0 Å². The molecule has 3 heterocycles. The van der Waals surface area contributed by atoms with Crippen molar-refractivity contribution in [2.45, 2.75) is 45.1 Å². The number of aromatic nitrogens is 3. The number of carbonyl (C=O) groups excluding carboxylic acids is 1. The van der Waals surface area contributed by atoms with Crippen molar-refractivity contribution in [1.29, 1.82) is 0 Å². The maximum Gasteiger partial charge on any atom is 0.227 e. The Bertz CT molecular complexity index is 627. The SMILES string of the molecule is Cc1cnccc1CC(=O)N1CCCCC[C@H]1c1ncon1. The molecule has 1 amide bonds. The predicted molar refractivity (Wildman–Crippen MR) is 79.9 cm³/mol. The van der Waals surface area contributed by atoms with Crippen molar-refractivity contribution >= 4 is 5.91 Å². The summed E-state index contributed by atoms with van der Waals surface area (Å²) in [5.41, 5.74) is 2.07. The largest absolute Gasteiger partial charge is 0.343 e. The Morgan fingerprint density at radius 2 is 2.32 bits per heavy atom. The molecule has 22 heavy (non-hydrogen) atoms. The molecule has 0 spiro atoms. The van der Waals surface area contributed by atoms with E-state index in [0.717, 1.165) is 43.4 Å². The fourth-order valence-electron chi connectivity index (χ4n) is 2.97. The molecule has 6 nitrogen and oxygen atoms in total. The van der Waals surface area contributed by atoms with Crippen molar-refractivity contribution in [2.24, 2.45) is 0 Å². The summed E-state index contributed by atoms with van der Waals surface area (Å²) in [6, 6.07) is 1.84. The van der Waals surface area contributed by atoms with Crippen LogP contribution in [0.25, 0.3) is 0 Å². The minimum atomic E-state index is -0.0732. The number of pyridine rings is 1. The Morgan fingerprint density at radius 3 is 3.09 bits per heavy atom. The first-order chi connectivity index (χ1) is 10.8. The molecule has 116 valence electrons. The van der Waals surface area contributed by atoms with Crippen molar-refractivity contribution in [2.75, 3.05) is 6.54 Å². The Labute approximate surface area is 129 Å². The lowest BCUT2D eigenvalue weighted by molar-refractivity contribution is -0.133. The van der Waals surface area contributed by atoms with Gasteiger partial charge in [0.05, 0.1) is 12.5 Å². The summed E-state index contributed by atoms with van der Waals surface area (Å²) in [6.45, 7) is 2.73. The van der Waals surface area contributed by atoms with Gasteiger partial charge in [-0.25, -0.2) is 0 Å². The number of aryl methyl sites for hydroxylation is 1. The van der Waals surface area contributed by atoms with E-state index in [9.17, 15) is 4.79 Å². The maximum atomic E-state index is 12.8. The van der Waals surface area contributed by atoms with Crippen LogP contribution >= 0.6 is 0 Å². The number of nitrogens with zero attached hydrogens (tertiary/aromatic N) is 4. The molecule has 0 saturated carbocycles. The summed E-state index contributed by atoms with van der Waals surface area (Å²) in [4.78, 5) is 22.9. The average Bonchev–Trinajstić information content (AvgIpc) is 2.94. The standard InChI is InChI=1S/C16H20N4O2/c1-12-10-17-7-6-13(12)9-15(21)20-8-4-2-3-5-14(20)16-18-11-22-19-16/h6-7,10-11,14H,2-5,8-9H2,1H3/t14-/m0/s1. The molecule has 1 atom stereocenters. The first-order valence-electron chi connectivity index (χ1n) is 7.71. The van der Waals surface area contributed by atoms with E-state index in [1.165, 1.54) is 6.39 Å². The quantitative estimate of drug-likeness (QED) is 0.870. The highest BCUT2D eigenvalue weighted by molar-refractivity contribution is 5.79. The molecule has 2 aromatic rings. The second-order valence-corrected chi connectivity index (χ2v) is 5.72. The van der Waals surface area contributed by atoms with Gasteiger partial charge < -0.3 is 9.42 Å². The second-order valence-electron chi connectivity index (χ2n) is 5.72. The number of hydrogen-bond donors (Lipinski definition) is 0. The molecule has 0 aromatic carbocycles. The van der Waals surface area contributed by atoms with Crippen molar-refractivity contribution < 1.29 is 9.32 Å². The normalized spacial score (nSPS) is 19.0. The van der Waals surface area contributed by atoms with Crippen LogP contribution in [0.2, 0.25) is 0 Å². The van der Waals surface area contributed by atoms with Crippen LogP contribution in [0.15, 0.2) is 29.4 Å². The molecular formula is C16H20N4O2. The van der Waals surface area contributed by atoms with Gasteiger partial charge in [0.25, 0.3) is 0 Å². The zero-order valence-electron chi connectivity index (χ0n) is 12.7. The molecule has 6 heteroatoms. The molecular weight excluding hydrogens is 280 g/mol. The lowest BCUT2D eigenvalue weighted by atomic mass is 10.1. The number of carbonyl (C=O) groups is 1. The van der Waals surface area contributed by atoms with E-state index < -0.39 is 0 Å². The van der Waals surface area contributed by atoms with Crippen LogP contribution in [0.1, 0.15) is 48.7 Å². The predicted octanol–water partition coefficient (Wildman–Crippen LogP) is 2.46. The van der Waals surface area contributed by atoms with E-state index in [4.69, 9.17) is 4.52 Å². The summed E-state index contributed by atoms with van der Waals surface area (Å²) in [5.74, 6) is 0.729. The van der Waals surface area contributed by atoms with Crippen molar-refractivity contribution in [3.8, 4) is 0 Å². The van der Waals surface area contributed by atoms with Gasteiger partial charge in [0, 0.05) is 18.9 Å². The minimum Gasteiger partial charge on any atom is -0.343 e. The van der Waals surface area contributed by atoms with Gasteiger partial charge in [-0.2, -0.15) is 4.98 Å². The smallest absolute Gasteiger partial charge is 0.227 e. The van der Waals surface area contributed by atoms with Gasteiger partial charge in [-0.15, -0.1) is 0 Å². The monoisotopic (exact) mass is 300 g/mol. The van der Waals surface area contributed by atoms with Crippen molar-refractivity contribution in [3.63, 3.8) is 0 Å². The second kappa shape index (κ2) is 6.68. The molecule has 0 bridgehead atoms. The van der Waals surface area contributed by atoms with E-state index in [2.05, 4.69) is 15.1 Å². The van der Waals surface area contributed by atoms with Crippen LogP contribution in [0.3, 0.4) is 0 Å². The highest BCUT2D eigenvalue weighted by Gasteiger charge is 2.29. The number of hydrogen-bond acceptors (Lipinski definition) is 5. The lowest BCUT2D eigenvalue weighted by Gasteiger charge is -2.28. The van der Waals surface area contributed by atoms with Gasteiger partial charge in [0.15, 0.2) is 5.82 Å². The fraction of sp³-hybridized carbons (Fsp3) is 0.500. The molecule has 0 radical (unpaired) electrons. The molecule has 1 aliphatic heterocycles. The van der Waals surface area contributed by atoms with E-state index in [1.807, 2.05) is 17.9 Å². The topological polar surface area (TPSA) is 72.1 Å². The Balaban J connectivity index is 1.80. The van der Waals surface area contributed by atoms with E-state index in [0.29, 0.717) is 12.2 Å². The summed E-state index contributed by atoms with van der Waals surface area (Å²) < 4.78 is 4.87. The minimum absolute atomic E-state index is 0.0732. The summed E-state index contributed by atoms with van der Waals surface area (Å²) in [5, 5.41) is 3.95. The molecule has 1 aliphatic rings. The highest BCUT2D eigenvalue weighted by atomic mass is 16.5. The van der Waals surface area contributed by atoms with Gasteiger partial charge >= 0.3 is 0 Å². The maximum absolute atomic E-state index is 12.8. The van der Waals surface area contributed by atoms with Gasteiger partial charge in [0.1, 0.15) is 0 Å². The van der Waals surface area contributed by atoms with Gasteiger partial charge in [-0.1, -0.05) is 18.0 Å². The van der Waals surface area contributed by atoms with Crippen LogP contribution in [-0.4, -0.2) is 32.5 Å². The van der Waals surface area contributed by atoms with E-state index in [-0.39, 0.29) is 11.9 Å². The molecule has 0 aliphatic carbocycles. The first kappa shape index (κ1) is 14.7. The molecule has 1 saturated heterocycles. The number of rotatable bonds is 3. The van der Waals surface area contributed by atoms with Crippen LogP contribution in [0, 0.1) is 6.92 Å². The highest BCUT2D eigenvalue weighted by Crippen LogP contribution is 2.28. The average molecular weight is 300 g/mol. The van der Waals surface area contributed by atoms with E-state index in [1.54, 1.807) is 12.4 Å². The third kappa shape index (κ3) is 3.16. The van der Waals surface area contributed by atoms with E-state index >= 15 is 0 Å². The third-order valence-electron chi connectivity index (χ3n) is 4.23. The van der Waals surface area contributed by atoms with Crippen LogP contribution in [0.5, 0.6) is 0 Å². The van der Waals surface area contributed by atoms with Crippen molar-refractivity contribution in [1.82, 2.24) is 20.0 Å². The Morgan fingerprint density at radius 1 is 1.41 bits per heavy atom. The Hall–Kier alpha value is -2.24. The molecule has 3 rings (SSSR count). The van der Waals surface area contributed by atoms with Crippen LogP contribution in [0.4, 0.5) is 0 Å². The first-order valence-corrected chi connectivity index (χ1v) is 7.71. The van der Waals surface area contributed by atoms with Gasteiger partial charge in [0.2, 0.25) is 12.3 Å². The molecule has 1 fully saturated rings. The summed E-state index contributed by atoms with van der Waals surface area (Å²) in [7, 11) is 0. The third-order valence-corrected chi connectivity index (χ3v) is 4.23. The van der Waals surface area contributed by atoms with Gasteiger partial charge in [-0.3, -0.25) is 9.78 Å². The van der Waals surface area contributed by atoms with Gasteiger partial charge in [-0.05, 0) is 37.0 Å². The lowest BCUT2D eigenvalue weighted by Crippen LogP contribution is -2.36. The molecule has 0 N–H and O–H groups in total. The summed E-state index contributed by atoms with van der Waals surface area (Å²) in [6.07, 6.45) is 9.37. The molecule has 2 aromatic heterocycles. The molecule has 0 unspecified atom stereocenters. The zero-order chi connectivity index (χ0) is 15.4.